The van der Waals surface area contributed by atoms with E-state index in [0.29, 0.717) is 18.0 Å². The van der Waals surface area contributed by atoms with E-state index in [0.717, 1.165) is 72.6 Å². The fraction of sp³-hybridized carbons (Fsp3) is 0.500. The number of halogens is 1. The van der Waals surface area contributed by atoms with E-state index >= 15 is 0 Å². The minimum atomic E-state index is -0.596. The molecule has 1 saturated heterocycles. The van der Waals surface area contributed by atoms with Gasteiger partial charge in [-0.05, 0) is 57.9 Å². The maximum absolute atomic E-state index is 10.7. The van der Waals surface area contributed by atoms with Gasteiger partial charge >= 0.3 is 0 Å². The van der Waals surface area contributed by atoms with Gasteiger partial charge in [-0.3, -0.25) is 14.9 Å². The molecule has 4 heterocycles. The first kappa shape index (κ1) is 25.5. The molecule has 2 aromatic heterocycles. The lowest BCUT2D eigenvalue weighted by Gasteiger charge is -2.27. The van der Waals surface area contributed by atoms with Crippen molar-refractivity contribution in [3.8, 4) is 5.00 Å². The number of hydrogen-bond donors (Lipinski definition) is 3. The number of aromatic nitrogens is 3. The first-order valence-electron chi connectivity index (χ1n) is 12.6. The van der Waals surface area contributed by atoms with Crippen molar-refractivity contribution in [3.63, 3.8) is 0 Å². The summed E-state index contributed by atoms with van der Waals surface area (Å²) >= 11 is 7.94. The highest BCUT2D eigenvalue weighted by Gasteiger charge is 2.31. The molecule has 0 spiro atoms. The summed E-state index contributed by atoms with van der Waals surface area (Å²) in [5.41, 5.74) is 4.26. The van der Waals surface area contributed by atoms with Gasteiger partial charge in [0.15, 0.2) is 5.82 Å². The number of aliphatic hydroxyl groups is 1. The van der Waals surface area contributed by atoms with Crippen LogP contribution in [-0.4, -0.2) is 76.0 Å². The zero-order valence-corrected chi connectivity index (χ0v) is 22.7. The number of piperazine rings is 1. The van der Waals surface area contributed by atoms with Gasteiger partial charge in [0.2, 0.25) is 0 Å². The van der Waals surface area contributed by atoms with Gasteiger partial charge in [-0.25, -0.2) is 0 Å². The van der Waals surface area contributed by atoms with Gasteiger partial charge in [0.1, 0.15) is 23.1 Å². The van der Waals surface area contributed by atoms with E-state index in [1.165, 1.54) is 10.4 Å². The molecule has 2 atom stereocenters. The Morgan fingerprint density at radius 1 is 1.17 bits per heavy atom. The summed E-state index contributed by atoms with van der Waals surface area (Å²) in [4.78, 5) is 8.94. The predicted octanol–water partition coefficient (Wildman–Crippen LogP) is 3.39. The molecule has 8 nitrogen and oxygen atoms in total. The van der Waals surface area contributed by atoms with Gasteiger partial charge in [-0.15, -0.1) is 21.5 Å². The quantitative estimate of drug-likeness (QED) is 0.389. The highest BCUT2D eigenvalue weighted by molar-refractivity contribution is 7.15. The molecule has 0 radical (unpaired) electrons. The number of thiophene rings is 1. The SMILES string of the molecule is Cc1sc2c(c1C)C(c1ccc(Cl)cc1)=N[C@@H](CNC(O)CCCN1CCNCC1)c1nnc(C)n1-2. The molecule has 0 amide bonds. The molecule has 3 N–H and O–H groups in total. The van der Waals surface area contributed by atoms with Crippen molar-refractivity contribution in [2.24, 2.45) is 4.99 Å². The Kier molecular flexibility index (Phi) is 7.85. The van der Waals surface area contributed by atoms with E-state index in [2.05, 4.69) is 44.1 Å². The fourth-order valence-corrected chi connectivity index (χ4v) is 6.27. The first-order chi connectivity index (χ1) is 17.4. The van der Waals surface area contributed by atoms with Crippen LogP contribution in [0.4, 0.5) is 0 Å². The smallest absolute Gasteiger partial charge is 0.164 e. The lowest BCUT2D eigenvalue weighted by molar-refractivity contribution is 0.116. The van der Waals surface area contributed by atoms with Crippen LogP contribution in [0.15, 0.2) is 29.3 Å². The maximum atomic E-state index is 10.7. The van der Waals surface area contributed by atoms with Crippen LogP contribution in [0.2, 0.25) is 5.02 Å². The van der Waals surface area contributed by atoms with Crippen LogP contribution in [0.5, 0.6) is 0 Å². The molecule has 0 saturated carbocycles. The molecule has 0 bridgehead atoms. The summed E-state index contributed by atoms with van der Waals surface area (Å²) in [6.45, 7) is 12.0. The van der Waals surface area contributed by atoms with Crippen molar-refractivity contribution in [2.75, 3.05) is 39.3 Å². The molecular weight excluding hydrogens is 494 g/mol. The Labute approximate surface area is 221 Å². The standard InChI is InChI=1S/C26H34ClN7OS/c1-16-17(2)36-26-23(16)24(19-6-8-20(27)9-7-19)30-21(25-32-31-18(3)34(25)26)15-29-22(35)5-4-12-33-13-10-28-11-14-33/h6-9,21-22,28-29,35H,4-5,10-15H2,1-3H3/t21-,22?/m0/s1. The number of nitrogens with one attached hydrogen (secondary N) is 2. The number of rotatable bonds is 8. The molecule has 36 heavy (non-hydrogen) atoms. The second kappa shape index (κ2) is 11.1. The molecule has 0 aliphatic carbocycles. The molecule has 5 rings (SSSR count). The third kappa shape index (κ3) is 5.27. The fourth-order valence-electron chi connectivity index (χ4n) is 4.93. The van der Waals surface area contributed by atoms with Crippen molar-refractivity contribution >= 4 is 28.6 Å². The largest absolute Gasteiger partial charge is 0.379 e. The molecule has 10 heteroatoms. The minimum Gasteiger partial charge on any atom is -0.379 e. The van der Waals surface area contributed by atoms with Crippen LogP contribution in [0, 0.1) is 20.8 Å². The summed E-state index contributed by atoms with van der Waals surface area (Å²) in [5.74, 6) is 1.63. The van der Waals surface area contributed by atoms with Crippen molar-refractivity contribution in [1.29, 1.82) is 0 Å². The zero-order chi connectivity index (χ0) is 25.2. The number of hydrogen-bond acceptors (Lipinski definition) is 8. The van der Waals surface area contributed by atoms with E-state index < -0.39 is 6.23 Å². The van der Waals surface area contributed by atoms with Crippen LogP contribution in [0.3, 0.4) is 0 Å². The summed E-state index contributed by atoms with van der Waals surface area (Å²) in [6, 6.07) is 7.55. The lowest BCUT2D eigenvalue weighted by atomic mass is 10.00. The van der Waals surface area contributed by atoms with Gasteiger partial charge in [0.05, 0.1) is 5.71 Å². The Morgan fingerprint density at radius 3 is 2.67 bits per heavy atom. The Bertz CT molecular complexity index is 1230. The second-order valence-electron chi connectivity index (χ2n) is 9.56. The third-order valence-electron chi connectivity index (χ3n) is 7.07. The molecule has 192 valence electrons. The molecule has 1 aromatic carbocycles. The monoisotopic (exact) mass is 527 g/mol. The number of nitrogens with zero attached hydrogens (tertiary/aromatic N) is 5. The van der Waals surface area contributed by atoms with Crippen LogP contribution < -0.4 is 10.6 Å². The summed E-state index contributed by atoms with van der Waals surface area (Å²) < 4.78 is 2.13. The summed E-state index contributed by atoms with van der Waals surface area (Å²) in [5, 5.41) is 28.1. The molecular formula is C26H34ClN7OS. The second-order valence-corrected chi connectivity index (χ2v) is 11.2. The molecule has 1 unspecified atom stereocenters. The Morgan fingerprint density at radius 2 is 1.92 bits per heavy atom. The molecule has 1 fully saturated rings. The minimum absolute atomic E-state index is 0.293. The third-order valence-corrected chi connectivity index (χ3v) is 8.51. The molecule has 2 aliphatic heterocycles. The van der Waals surface area contributed by atoms with Gasteiger partial charge in [0, 0.05) is 53.8 Å². The highest BCUT2D eigenvalue weighted by atomic mass is 35.5. The number of benzene rings is 1. The van der Waals surface area contributed by atoms with Gasteiger partial charge in [-0.2, -0.15) is 0 Å². The lowest BCUT2D eigenvalue weighted by Crippen LogP contribution is -2.44. The molecule has 3 aromatic rings. The van der Waals surface area contributed by atoms with E-state index in [1.807, 2.05) is 31.2 Å². The number of aliphatic imine (C=N–C) groups is 1. The van der Waals surface area contributed by atoms with Crippen molar-refractivity contribution in [3.05, 3.63) is 62.5 Å². The van der Waals surface area contributed by atoms with Crippen LogP contribution in [0.1, 0.15) is 52.1 Å². The van der Waals surface area contributed by atoms with Gasteiger partial charge in [0.25, 0.3) is 0 Å². The first-order valence-corrected chi connectivity index (χ1v) is 13.8. The van der Waals surface area contributed by atoms with Gasteiger partial charge < -0.3 is 15.3 Å². The average Bonchev–Trinajstić information content (AvgIpc) is 3.35. The number of fused-ring (bicyclic) bond motifs is 3. The maximum Gasteiger partial charge on any atom is 0.164 e. The van der Waals surface area contributed by atoms with E-state index in [-0.39, 0.29) is 6.04 Å². The average molecular weight is 528 g/mol. The highest BCUT2D eigenvalue weighted by Crippen LogP contribution is 2.38. The van der Waals surface area contributed by atoms with Crippen molar-refractivity contribution in [2.45, 2.75) is 45.9 Å². The summed E-state index contributed by atoms with van der Waals surface area (Å²) in [7, 11) is 0. The van der Waals surface area contributed by atoms with E-state index in [9.17, 15) is 5.11 Å². The van der Waals surface area contributed by atoms with Crippen LogP contribution in [0.25, 0.3) is 5.00 Å². The zero-order valence-electron chi connectivity index (χ0n) is 21.1. The topological polar surface area (TPSA) is 90.6 Å². The number of aliphatic hydroxyl groups excluding tert-OH is 1. The molecule has 2 aliphatic rings. The van der Waals surface area contributed by atoms with Crippen LogP contribution in [-0.2, 0) is 0 Å². The van der Waals surface area contributed by atoms with Gasteiger partial charge in [-0.1, -0.05) is 23.7 Å². The van der Waals surface area contributed by atoms with Crippen LogP contribution >= 0.6 is 22.9 Å². The Hall–Kier alpha value is -2.14. The normalized spacial score (nSPS) is 18.9. The summed E-state index contributed by atoms with van der Waals surface area (Å²) in [6.07, 6.45) is 1.05. The van der Waals surface area contributed by atoms with E-state index in [4.69, 9.17) is 16.6 Å². The van der Waals surface area contributed by atoms with Crippen molar-refractivity contribution < 1.29 is 5.11 Å². The Balaban J connectivity index is 1.39. The van der Waals surface area contributed by atoms with E-state index in [1.54, 1.807) is 11.3 Å². The predicted molar refractivity (Wildman–Crippen MR) is 146 cm³/mol. The van der Waals surface area contributed by atoms with Crippen molar-refractivity contribution in [1.82, 2.24) is 30.3 Å². The number of aryl methyl sites for hydroxylation is 2.